The normalized spacial score (nSPS) is 15.0. The van der Waals surface area contributed by atoms with Crippen molar-refractivity contribution in [2.24, 2.45) is 0 Å². The van der Waals surface area contributed by atoms with E-state index in [0.29, 0.717) is 0 Å². The second kappa shape index (κ2) is 5.46. The minimum atomic E-state index is 0.858. The molecule has 3 aromatic rings. The van der Waals surface area contributed by atoms with Gasteiger partial charge in [-0.2, -0.15) is 5.10 Å². The predicted octanol–water partition coefficient (Wildman–Crippen LogP) is 3.54. The first-order valence-corrected chi connectivity index (χ1v) is 7.69. The lowest BCUT2D eigenvalue weighted by Crippen LogP contribution is -2.29. The van der Waals surface area contributed by atoms with Crippen LogP contribution in [0.1, 0.15) is 22.6 Å². The fraction of sp³-hybridized carbons (Fsp3) is 0.278. The summed E-state index contributed by atoms with van der Waals surface area (Å²) < 4.78 is 5.75. The van der Waals surface area contributed by atoms with Gasteiger partial charge in [-0.25, -0.2) is 0 Å². The predicted molar refractivity (Wildman–Crippen MR) is 85.3 cm³/mol. The van der Waals surface area contributed by atoms with E-state index in [2.05, 4.69) is 45.4 Å². The maximum atomic E-state index is 5.75. The minimum Gasteiger partial charge on any atom is -0.460 e. The molecular formula is C18H19N3O. The molecule has 0 saturated heterocycles. The lowest BCUT2D eigenvalue weighted by molar-refractivity contribution is 0.245. The van der Waals surface area contributed by atoms with E-state index in [0.717, 1.165) is 43.3 Å². The maximum absolute atomic E-state index is 5.75. The number of fused-ring (bicyclic) bond motifs is 1. The monoisotopic (exact) mass is 293 g/mol. The molecule has 1 N–H and O–H groups in total. The molecule has 0 amide bonds. The number of rotatable bonds is 3. The molecule has 0 saturated carbocycles. The van der Waals surface area contributed by atoms with Gasteiger partial charge in [0.2, 0.25) is 0 Å². The molecule has 1 aromatic carbocycles. The van der Waals surface area contributed by atoms with E-state index in [-0.39, 0.29) is 0 Å². The smallest absolute Gasteiger partial charge is 0.154 e. The summed E-state index contributed by atoms with van der Waals surface area (Å²) in [6.07, 6.45) is 1.01. The number of aryl methyl sites for hydroxylation is 1. The highest BCUT2D eigenvalue weighted by molar-refractivity contribution is 5.59. The van der Waals surface area contributed by atoms with Crippen LogP contribution in [0, 0.1) is 6.92 Å². The van der Waals surface area contributed by atoms with E-state index >= 15 is 0 Å². The van der Waals surface area contributed by atoms with Crippen LogP contribution >= 0.6 is 0 Å². The van der Waals surface area contributed by atoms with Gasteiger partial charge in [0.1, 0.15) is 11.5 Å². The van der Waals surface area contributed by atoms with Crippen molar-refractivity contribution in [3.8, 4) is 11.5 Å². The van der Waals surface area contributed by atoms with Crippen molar-refractivity contribution in [1.82, 2.24) is 15.1 Å². The van der Waals surface area contributed by atoms with Crippen molar-refractivity contribution in [2.45, 2.75) is 26.4 Å². The van der Waals surface area contributed by atoms with E-state index in [1.54, 1.807) is 0 Å². The van der Waals surface area contributed by atoms with Crippen LogP contribution in [0.25, 0.3) is 11.5 Å². The Morgan fingerprint density at radius 3 is 2.82 bits per heavy atom. The zero-order valence-corrected chi connectivity index (χ0v) is 12.7. The third kappa shape index (κ3) is 2.46. The maximum Gasteiger partial charge on any atom is 0.154 e. The summed E-state index contributed by atoms with van der Waals surface area (Å²) in [7, 11) is 0. The van der Waals surface area contributed by atoms with E-state index in [4.69, 9.17) is 4.42 Å². The molecular weight excluding hydrogens is 274 g/mol. The molecule has 0 atom stereocenters. The Morgan fingerprint density at radius 2 is 2.05 bits per heavy atom. The van der Waals surface area contributed by atoms with Gasteiger partial charge >= 0.3 is 0 Å². The Morgan fingerprint density at radius 1 is 1.18 bits per heavy atom. The summed E-state index contributed by atoms with van der Waals surface area (Å²) in [4.78, 5) is 2.46. The highest BCUT2D eigenvalue weighted by atomic mass is 16.3. The Hall–Kier alpha value is -2.33. The molecule has 1 aliphatic heterocycles. The van der Waals surface area contributed by atoms with Crippen molar-refractivity contribution in [1.29, 1.82) is 0 Å². The van der Waals surface area contributed by atoms with E-state index in [1.807, 2.05) is 19.1 Å². The Labute approximate surface area is 129 Å². The van der Waals surface area contributed by atoms with Crippen LogP contribution < -0.4 is 0 Å². The van der Waals surface area contributed by atoms with Crippen molar-refractivity contribution >= 4 is 0 Å². The van der Waals surface area contributed by atoms with Gasteiger partial charge in [0.05, 0.1) is 0 Å². The molecule has 0 spiro atoms. The number of aromatic amines is 1. The summed E-state index contributed by atoms with van der Waals surface area (Å²) in [5, 5.41) is 7.66. The summed E-state index contributed by atoms with van der Waals surface area (Å²) in [6, 6.07) is 14.6. The summed E-state index contributed by atoms with van der Waals surface area (Å²) in [5.41, 5.74) is 4.83. The molecule has 0 radical (unpaired) electrons. The van der Waals surface area contributed by atoms with Gasteiger partial charge in [0.15, 0.2) is 5.76 Å². The first-order chi connectivity index (χ1) is 10.8. The standard InChI is InChI=1S/C18H19N3O/c1-13-7-8-17(22-13)18-15-12-21(10-9-16(15)19-20-18)11-14-5-3-2-4-6-14/h2-8H,9-12H2,1H3,(H,19,20). The van der Waals surface area contributed by atoms with Gasteiger partial charge in [-0.3, -0.25) is 10.00 Å². The quantitative estimate of drug-likeness (QED) is 0.803. The van der Waals surface area contributed by atoms with Gasteiger partial charge in [0, 0.05) is 37.3 Å². The molecule has 0 unspecified atom stereocenters. The summed E-state index contributed by atoms with van der Waals surface area (Å²) >= 11 is 0. The second-order valence-corrected chi connectivity index (χ2v) is 5.89. The summed E-state index contributed by atoms with van der Waals surface area (Å²) in [6.45, 7) is 4.91. The first kappa shape index (κ1) is 13.3. The first-order valence-electron chi connectivity index (χ1n) is 7.69. The number of nitrogens with one attached hydrogen (secondary N) is 1. The fourth-order valence-corrected chi connectivity index (χ4v) is 3.09. The van der Waals surface area contributed by atoms with Crippen LogP contribution in [-0.2, 0) is 19.5 Å². The van der Waals surface area contributed by atoms with Crippen LogP contribution in [0.3, 0.4) is 0 Å². The number of furan rings is 1. The molecule has 4 rings (SSSR count). The number of benzene rings is 1. The van der Waals surface area contributed by atoms with Gasteiger partial charge < -0.3 is 4.42 Å². The highest BCUT2D eigenvalue weighted by Crippen LogP contribution is 2.30. The van der Waals surface area contributed by atoms with Crippen LogP contribution in [0.4, 0.5) is 0 Å². The lowest BCUT2D eigenvalue weighted by atomic mass is 10.0. The Bertz CT molecular complexity index is 773. The molecule has 112 valence electrons. The second-order valence-electron chi connectivity index (χ2n) is 5.89. The molecule has 0 bridgehead atoms. The lowest BCUT2D eigenvalue weighted by Gasteiger charge is -2.26. The molecule has 2 aromatic heterocycles. The van der Waals surface area contributed by atoms with Gasteiger partial charge in [-0.15, -0.1) is 0 Å². The number of hydrogen-bond acceptors (Lipinski definition) is 3. The van der Waals surface area contributed by atoms with E-state index in [9.17, 15) is 0 Å². The van der Waals surface area contributed by atoms with Crippen molar-refractivity contribution in [3.63, 3.8) is 0 Å². The highest BCUT2D eigenvalue weighted by Gasteiger charge is 2.24. The van der Waals surface area contributed by atoms with Gasteiger partial charge in [0.25, 0.3) is 0 Å². The topological polar surface area (TPSA) is 45.1 Å². The van der Waals surface area contributed by atoms with Crippen molar-refractivity contribution < 1.29 is 4.42 Å². The Kier molecular flexibility index (Phi) is 3.31. The average molecular weight is 293 g/mol. The molecule has 22 heavy (non-hydrogen) atoms. The molecule has 0 aliphatic carbocycles. The van der Waals surface area contributed by atoms with Crippen LogP contribution in [0.15, 0.2) is 46.9 Å². The molecule has 1 aliphatic rings. The van der Waals surface area contributed by atoms with E-state index < -0.39 is 0 Å². The molecule has 3 heterocycles. The summed E-state index contributed by atoms with van der Waals surface area (Å²) in [5.74, 6) is 1.78. The number of nitrogens with zero attached hydrogens (tertiary/aromatic N) is 2. The zero-order valence-electron chi connectivity index (χ0n) is 12.7. The van der Waals surface area contributed by atoms with Crippen LogP contribution in [0.5, 0.6) is 0 Å². The Balaban J connectivity index is 1.58. The van der Waals surface area contributed by atoms with Crippen molar-refractivity contribution in [3.05, 3.63) is 65.0 Å². The SMILES string of the molecule is Cc1ccc(-c2n[nH]c3c2CN(Cc2ccccc2)CC3)o1. The minimum absolute atomic E-state index is 0.858. The van der Waals surface area contributed by atoms with Crippen molar-refractivity contribution in [2.75, 3.05) is 6.54 Å². The van der Waals surface area contributed by atoms with Crippen LogP contribution in [0.2, 0.25) is 0 Å². The largest absolute Gasteiger partial charge is 0.460 e. The number of aromatic nitrogens is 2. The third-order valence-electron chi connectivity index (χ3n) is 4.24. The number of H-pyrrole nitrogens is 1. The van der Waals surface area contributed by atoms with E-state index in [1.165, 1.54) is 16.8 Å². The third-order valence-corrected chi connectivity index (χ3v) is 4.24. The number of hydrogen-bond donors (Lipinski definition) is 1. The fourth-order valence-electron chi connectivity index (χ4n) is 3.09. The van der Waals surface area contributed by atoms with Crippen LogP contribution in [-0.4, -0.2) is 21.6 Å². The molecule has 0 fully saturated rings. The van der Waals surface area contributed by atoms with Gasteiger partial charge in [-0.05, 0) is 24.6 Å². The molecule has 4 heteroatoms. The van der Waals surface area contributed by atoms with Gasteiger partial charge in [-0.1, -0.05) is 30.3 Å². The zero-order chi connectivity index (χ0) is 14.9. The average Bonchev–Trinajstić information content (AvgIpc) is 3.14. The molecule has 4 nitrogen and oxygen atoms in total.